The lowest BCUT2D eigenvalue weighted by atomic mass is 10.0. The summed E-state index contributed by atoms with van der Waals surface area (Å²) in [7, 11) is 0. The highest BCUT2D eigenvalue weighted by molar-refractivity contribution is 5.68. The van der Waals surface area contributed by atoms with E-state index in [4.69, 9.17) is 4.74 Å². The van der Waals surface area contributed by atoms with E-state index in [0.29, 0.717) is 18.9 Å². The van der Waals surface area contributed by atoms with Gasteiger partial charge in [-0.2, -0.15) is 0 Å². The van der Waals surface area contributed by atoms with Crippen LogP contribution in [0.4, 0.5) is 0 Å². The largest absolute Gasteiger partial charge is 0.504 e. The smallest absolute Gasteiger partial charge is 0.165 e. The van der Waals surface area contributed by atoms with E-state index in [1.165, 1.54) is 0 Å². The van der Waals surface area contributed by atoms with Gasteiger partial charge in [0.25, 0.3) is 0 Å². The zero-order chi connectivity index (χ0) is 18.6. The van der Waals surface area contributed by atoms with Crippen molar-refractivity contribution in [1.82, 2.24) is 19.4 Å². The number of hydrogen-bond acceptors (Lipinski definition) is 5. The number of hydrogen-bond donors (Lipinski definition) is 1. The Labute approximate surface area is 159 Å². The van der Waals surface area contributed by atoms with Crippen molar-refractivity contribution in [2.75, 3.05) is 13.2 Å². The Morgan fingerprint density at radius 1 is 1.22 bits per heavy atom. The summed E-state index contributed by atoms with van der Waals surface area (Å²) in [6, 6.07) is 7.72. The van der Waals surface area contributed by atoms with Gasteiger partial charge >= 0.3 is 0 Å². The van der Waals surface area contributed by atoms with Gasteiger partial charge in [0.15, 0.2) is 11.5 Å². The minimum Gasteiger partial charge on any atom is -0.504 e. The first kappa shape index (κ1) is 17.5. The van der Waals surface area contributed by atoms with E-state index in [1.54, 1.807) is 18.5 Å². The molecule has 0 amide bonds. The molecule has 140 valence electrons. The van der Waals surface area contributed by atoms with E-state index < -0.39 is 0 Å². The molecule has 1 N–H and O–H groups in total. The molecule has 0 radical (unpaired) electrons. The third-order valence-electron chi connectivity index (χ3n) is 4.82. The third kappa shape index (κ3) is 3.80. The number of pyridine rings is 1. The number of imidazole rings is 1. The number of aryl methyl sites for hydroxylation is 1. The standard InChI is InChI=1S/C21H24N4O2/c1-2-7-25-8-6-23-20(25)15-24-9-10-27-21-18(14-24)11-17(12-19(21)26)16-4-3-5-22-13-16/h3-6,8,11-13,26H,2,7,9-10,14-15H2,1H3. The van der Waals surface area contributed by atoms with E-state index in [0.717, 1.165) is 48.6 Å². The van der Waals surface area contributed by atoms with Crippen LogP contribution in [0.15, 0.2) is 49.1 Å². The molecular weight excluding hydrogens is 340 g/mol. The number of ether oxygens (including phenoxy) is 1. The maximum absolute atomic E-state index is 10.5. The Morgan fingerprint density at radius 3 is 2.96 bits per heavy atom. The monoisotopic (exact) mass is 364 g/mol. The van der Waals surface area contributed by atoms with E-state index >= 15 is 0 Å². The van der Waals surface area contributed by atoms with Crippen molar-refractivity contribution >= 4 is 0 Å². The summed E-state index contributed by atoms with van der Waals surface area (Å²) in [5.74, 6) is 1.83. The van der Waals surface area contributed by atoms with Crippen molar-refractivity contribution < 1.29 is 9.84 Å². The topological polar surface area (TPSA) is 63.4 Å². The molecule has 3 heterocycles. The zero-order valence-corrected chi connectivity index (χ0v) is 15.5. The van der Waals surface area contributed by atoms with Crippen molar-refractivity contribution in [3.63, 3.8) is 0 Å². The Kier molecular flexibility index (Phi) is 5.07. The Bertz CT molecular complexity index is 908. The van der Waals surface area contributed by atoms with E-state index in [2.05, 4.69) is 32.4 Å². The highest BCUT2D eigenvalue weighted by atomic mass is 16.5. The average Bonchev–Trinajstić information content (AvgIpc) is 3.00. The summed E-state index contributed by atoms with van der Waals surface area (Å²) in [6.07, 6.45) is 8.53. The molecule has 3 aromatic rings. The molecule has 1 aliphatic heterocycles. The van der Waals surface area contributed by atoms with Crippen LogP contribution in [-0.4, -0.2) is 37.7 Å². The quantitative estimate of drug-likeness (QED) is 0.751. The zero-order valence-electron chi connectivity index (χ0n) is 15.5. The Balaban J connectivity index is 1.61. The second kappa shape index (κ2) is 7.80. The number of benzene rings is 1. The summed E-state index contributed by atoms with van der Waals surface area (Å²) in [4.78, 5) is 11.0. The van der Waals surface area contributed by atoms with Crippen LogP contribution in [0.25, 0.3) is 11.1 Å². The van der Waals surface area contributed by atoms with Gasteiger partial charge in [-0.1, -0.05) is 13.0 Å². The lowest BCUT2D eigenvalue weighted by Gasteiger charge is -2.20. The molecule has 4 rings (SSSR count). The van der Waals surface area contributed by atoms with Crippen LogP contribution < -0.4 is 4.74 Å². The molecule has 27 heavy (non-hydrogen) atoms. The number of phenols is 1. The fourth-order valence-corrected chi connectivity index (χ4v) is 3.52. The third-order valence-corrected chi connectivity index (χ3v) is 4.82. The van der Waals surface area contributed by atoms with Gasteiger partial charge in [0, 0.05) is 55.5 Å². The summed E-state index contributed by atoms with van der Waals surface area (Å²) in [5, 5.41) is 10.5. The van der Waals surface area contributed by atoms with Gasteiger partial charge in [0.05, 0.1) is 6.54 Å². The number of rotatable bonds is 5. The van der Waals surface area contributed by atoms with Crippen molar-refractivity contribution in [1.29, 1.82) is 0 Å². The lowest BCUT2D eigenvalue weighted by Crippen LogP contribution is -2.27. The number of aromatic hydroxyl groups is 1. The number of phenolic OH excluding ortho intramolecular Hbond substituents is 1. The van der Waals surface area contributed by atoms with Crippen LogP contribution in [0.2, 0.25) is 0 Å². The van der Waals surface area contributed by atoms with Gasteiger partial charge < -0.3 is 14.4 Å². The first-order chi connectivity index (χ1) is 13.2. The Hall–Kier alpha value is -2.86. The summed E-state index contributed by atoms with van der Waals surface area (Å²) < 4.78 is 8.07. The maximum Gasteiger partial charge on any atom is 0.165 e. The number of nitrogens with zero attached hydrogens (tertiary/aromatic N) is 4. The van der Waals surface area contributed by atoms with Gasteiger partial charge in [0.1, 0.15) is 12.4 Å². The first-order valence-electron chi connectivity index (χ1n) is 9.36. The molecular formula is C21H24N4O2. The molecule has 2 aromatic heterocycles. The molecule has 0 saturated carbocycles. The highest BCUT2D eigenvalue weighted by Crippen LogP contribution is 2.37. The molecule has 1 aliphatic rings. The van der Waals surface area contributed by atoms with Crippen LogP contribution in [0.3, 0.4) is 0 Å². The summed E-state index contributed by atoms with van der Waals surface area (Å²) in [6.45, 7) is 5.94. The predicted molar refractivity (Wildman–Crippen MR) is 103 cm³/mol. The van der Waals surface area contributed by atoms with Gasteiger partial charge in [-0.15, -0.1) is 0 Å². The fraction of sp³-hybridized carbons (Fsp3) is 0.333. The molecule has 1 aromatic carbocycles. The Morgan fingerprint density at radius 2 is 2.15 bits per heavy atom. The van der Waals surface area contributed by atoms with E-state index in [9.17, 15) is 5.11 Å². The van der Waals surface area contributed by atoms with Gasteiger partial charge in [-0.25, -0.2) is 4.98 Å². The molecule has 0 aliphatic carbocycles. The number of fused-ring (bicyclic) bond motifs is 1. The summed E-state index contributed by atoms with van der Waals surface area (Å²) >= 11 is 0. The minimum atomic E-state index is 0.181. The van der Waals surface area contributed by atoms with Gasteiger partial charge in [0.2, 0.25) is 0 Å². The average molecular weight is 364 g/mol. The second-order valence-electron chi connectivity index (χ2n) is 6.82. The molecule has 6 nitrogen and oxygen atoms in total. The van der Waals surface area contributed by atoms with Crippen LogP contribution in [0.5, 0.6) is 11.5 Å². The highest BCUT2D eigenvalue weighted by Gasteiger charge is 2.21. The van der Waals surface area contributed by atoms with E-state index in [-0.39, 0.29) is 5.75 Å². The van der Waals surface area contributed by atoms with E-state index in [1.807, 2.05) is 24.5 Å². The SMILES string of the molecule is CCCn1ccnc1CN1CCOc2c(O)cc(-c3cccnc3)cc2C1. The van der Waals surface area contributed by atoms with Crippen molar-refractivity contribution in [3.05, 3.63) is 60.4 Å². The molecule has 0 atom stereocenters. The summed E-state index contributed by atoms with van der Waals surface area (Å²) in [5.41, 5.74) is 2.90. The normalized spacial score (nSPS) is 14.4. The van der Waals surface area contributed by atoms with Crippen LogP contribution >= 0.6 is 0 Å². The van der Waals surface area contributed by atoms with Crippen LogP contribution in [-0.2, 0) is 19.6 Å². The first-order valence-corrected chi connectivity index (χ1v) is 9.36. The van der Waals surface area contributed by atoms with Crippen molar-refractivity contribution in [2.45, 2.75) is 33.0 Å². The molecule has 0 bridgehead atoms. The van der Waals surface area contributed by atoms with Gasteiger partial charge in [-0.05, 0) is 30.2 Å². The molecule has 0 saturated heterocycles. The van der Waals surface area contributed by atoms with Crippen LogP contribution in [0.1, 0.15) is 24.7 Å². The molecule has 6 heteroatoms. The van der Waals surface area contributed by atoms with Crippen LogP contribution in [0, 0.1) is 0 Å². The number of aromatic nitrogens is 3. The lowest BCUT2D eigenvalue weighted by molar-refractivity contribution is 0.211. The maximum atomic E-state index is 10.5. The molecule has 0 spiro atoms. The van der Waals surface area contributed by atoms with Crippen molar-refractivity contribution in [3.8, 4) is 22.6 Å². The van der Waals surface area contributed by atoms with Crippen molar-refractivity contribution in [2.24, 2.45) is 0 Å². The fourth-order valence-electron chi connectivity index (χ4n) is 3.52. The molecule has 0 fully saturated rings. The predicted octanol–water partition coefficient (Wildman–Crippen LogP) is 3.46. The molecule has 0 unspecified atom stereocenters. The second-order valence-corrected chi connectivity index (χ2v) is 6.82. The van der Waals surface area contributed by atoms with Gasteiger partial charge in [-0.3, -0.25) is 9.88 Å². The minimum absolute atomic E-state index is 0.181.